The van der Waals surface area contributed by atoms with Crippen LogP contribution in [0.4, 0.5) is 5.69 Å². The first kappa shape index (κ1) is 13.6. The van der Waals surface area contributed by atoms with Gasteiger partial charge in [-0.05, 0) is 47.9 Å². The maximum atomic E-state index is 12.2. The van der Waals surface area contributed by atoms with Gasteiger partial charge in [-0.2, -0.15) is 0 Å². The highest BCUT2D eigenvalue weighted by Crippen LogP contribution is 2.23. The number of carbonyl (C=O) groups is 1. The number of rotatable bonds is 3. The average Bonchev–Trinajstić information content (AvgIpc) is 2.50. The van der Waals surface area contributed by atoms with Gasteiger partial charge in [0.1, 0.15) is 5.75 Å². The second-order valence-electron chi connectivity index (χ2n) is 5.26. The normalized spacial score (nSPS) is 13.5. The summed E-state index contributed by atoms with van der Waals surface area (Å²) >= 11 is 0. The number of phenols is 1. The standard InChI is InChI=1S/C17H18N2O2/c20-14-6-4-12(5-7-14)10-17(21)19-16-3-1-2-13-11-18-9-8-15(13)16/h1-7,18,20H,8-11H2,(H,19,21). The third-order valence-electron chi connectivity index (χ3n) is 3.72. The molecule has 0 atom stereocenters. The zero-order valence-electron chi connectivity index (χ0n) is 11.7. The second kappa shape index (κ2) is 5.97. The number of anilines is 1. The first-order valence-corrected chi connectivity index (χ1v) is 7.11. The molecular weight excluding hydrogens is 264 g/mol. The molecule has 1 heterocycles. The van der Waals surface area contributed by atoms with Crippen LogP contribution in [0.5, 0.6) is 5.75 Å². The van der Waals surface area contributed by atoms with Crippen molar-refractivity contribution in [2.24, 2.45) is 0 Å². The van der Waals surface area contributed by atoms with Crippen molar-refractivity contribution in [3.63, 3.8) is 0 Å². The van der Waals surface area contributed by atoms with Gasteiger partial charge in [-0.15, -0.1) is 0 Å². The van der Waals surface area contributed by atoms with Gasteiger partial charge in [-0.25, -0.2) is 0 Å². The van der Waals surface area contributed by atoms with Crippen LogP contribution in [0.1, 0.15) is 16.7 Å². The fourth-order valence-electron chi connectivity index (χ4n) is 2.64. The van der Waals surface area contributed by atoms with E-state index in [1.54, 1.807) is 24.3 Å². The summed E-state index contributed by atoms with van der Waals surface area (Å²) in [6.45, 7) is 1.80. The molecule has 4 nitrogen and oxygen atoms in total. The lowest BCUT2D eigenvalue weighted by Gasteiger charge is -2.20. The van der Waals surface area contributed by atoms with Gasteiger partial charge in [0.05, 0.1) is 6.42 Å². The molecule has 4 heteroatoms. The summed E-state index contributed by atoms with van der Waals surface area (Å²) < 4.78 is 0. The van der Waals surface area contributed by atoms with Gasteiger partial charge in [-0.1, -0.05) is 24.3 Å². The molecule has 1 aliphatic heterocycles. The number of aromatic hydroxyl groups is 1. The summed E-state index contributed by atoms with van der Waals surface area (Å²) in [5, 5.41) is 15.6. The molecule has 1 amide bonds. The summed E-state index contributed by atoms with van der Waals surface area (Å²) in [5.41, 5.74) is 4.29. The summed E-state index contributed by atoms with van der Waals surface area (Å²) in [4.78, 5) is 12.2. The van der Waals surface area contributed by atoms with Crippen LogP contribution in [-0.4, -0.2) is 17.6 Å². The fraction of sp³-hybridized carbons (Fsp3) is 0.235. The Hall–Kier alpha value is -2.33. The lowest BCUT2D eigenvalue weighted by molar-refractivity contribution is -0.115. The van der Waals surface area contributed by atoms with Crippen molar-refractivity contribution in [1.29, 1.82) is 0 Å². The van der Waals surface area contributed by atoms with E-state index < -0.39 is 0 Å². The SMILES string of the molecule is O=C(Cc1ccc(O)cc1)Nc1cccc2c1CCNC2. The minimum atomic E-state index is -0.0346. The smallest absolute Gasteiger partial charge is 0.228 e. The molecule has 21 heavy (non-hydrogen) atoms. The Balaban J connectivity index is 1.71. The van der Waals surface area contributed by atoms with Gasteiger partial charge >= 0.3 is 0 Å². The number of benzene rings is 2. The number of phenolic OH excluding ortho intramolecular Hbond substituents is 1. The van der Waals surface area contributed by atoms with E-state index in [9.17, 15) is 9.90 Å². The van der Waals surface area contributed by atoms with Crippen molar-refractivity contribution < 1.29 is 9.90 Å². The first-order valence-electron chi connectivity index (χ1n) is 7.11. The van der Waals surface area contributed by atoms with Crippen LogP contribution in [-0.2, 0) is 24.2 Å². The molecule has 0 fully saturated rings. The minimum absolute atomic E-state index is 0.0346. The van der Waals surface area contributed by atoms with Crippen LogP contribution >= 0.6 is 0 Å². The molecule has 0 aromatic heterocycles. The number of carbonyl (C=O) groups excluding carboxylic acids is 1. The maximum absolute atomic E-state index is 12.2. The second-order valence-corrected chi connectivity index (χ2v) is 5.26. The number of hydrogen-bond acceptors (Lipinski definition) is 3. The van der Waals surface area contributed by atoms with Crippen molar-refractivity contribution in [2.75, 3.05) is 11.9 Å². The van der Waals surface area contributed by atoms with Crippen LogP contribution in [0, 0.1) is 0 Å². The zero-order valence-corrected chi connectivity index (χ0v) is 11.7. The van der Waals surface area contributed by atoms with E-state index in [4.69, 9.17) is 0 Å². The highest BCUT2D eigenvalue weighted by molar-refractivity contribution is 5.93. The highest BCUT2D eigenvalue weighted by atomic mass is 16.3. The molecule has 0 saturated heterocycles. The largest absolute Gasteiger partial charge is 0.508 e. The minimum Gasteiger partial charge on any atom is -0.508 e. The van der Waals surface area contributed by atoms with E-state index >= 15 is 0 Å². The molecule has 0 saturated carbocycles. The molecule has 2 aromatic rings. The molecule has 3 rings (SSSR count). The fourth-order valence-corrected chi connectivity index (χ4v) is 2.64. The van der Waals surface area contributed by atoms with Crippen LogP contribution in [0.15, 0.2) is 42.5 Å². The third kappa shape index (κ3) is 3.23. The Labute approximate surface area is 123 Å². The number of nitrogens with one attached hydrogen (secondary N) is 2. The monoisotopic (exact) mass is 282 g/mol. The summed E-state index contributed by atoms with van der Waals surface area (Å²) in [6, 6.07) is 12.7. The van der Waals surface area contributed by atoms with Gasteiger partial charge in [0.2, 0.25) is 5.91 Å². The lowest BCUT2D eigenvalue weighted by atomic mass is 9.99. The zero-order chi connectivity index (χ0) is 14.7. The summed E-state index contributed by atoms with van der Waals surface area (Å²) in [6.07, 6.45) is 1.24. The molecule has 1 aliphatic rings. The summed E-state index contributed by atoms with van der Waals surface area (Å²) in [7, 11) is 0. The van der Waals surface area contributed by atoms with Crippen molar-refractivity contribution in [3.8, 4) is 5.75 Å². The molecule has 0 aliphatic carbocycles. The van der Waals surface area contributed by atoms with Crippen LogP contribution < -0.4 is 10.6 Å². The molecular formula is C17H18N2O2. The molecule has 0 unspecified atom stereocenters. The Bertz CT molecular complexity index is 650. The van der Waals surface area contributed by atoms with E-state index in [0.29, 0.717) is 6.42 Å². The van der Waals surface area contributed by atoms with Crippen molar-refractivity contribution in [2.45, 2.75) is 19.4 Å². The van der Waals surface area contributed by atoms with E-state index in [2.05, 4.69) is 16.7 Å². The first-order chi connectivity index (χ1) is 10.2. The summed E-state index contributed by atoms with van der Waals surface area (Å²) in [5.74, 6) is 0.177. The molecule has 0 bridgehead atoms. The number of fused-ring (bicyclic) bond motifs is 1. The quantitative estimate of drug-likeness (QED) is 0.809. The predicted octanol–water partition coefficient (Wildman–Crippen LogP) is 2.22. The van der Waals surface area contributed by atoms with E-state index in [0.717, 1.165) is 30.8 Å². The van der Waals surface area contributed by atoms with E-state index in [1.165, 1.54) is 11.1 Å². The van der Waals surface area contributed by atoms with Crippen molar-refractivity contribution in [1.82, 2.24) is 5.32 Å². The van der Waals surface area contributed by atoms with Gasteiger partial charge in [-0.3, -0.25) is 4.79 Å². The van der Waals surface area contributed by atoms with Gasteiger partial charge in [0, 0.05) is 12.2 Å². The van der Waals surface area contributed by atoms with Crippen molar-refractivity contribution >= 4 is 11.6 Å². The number of amides is 1. The lowest BCUT2D eigenvalue weighted by Crippen LogP contribution is -2.25. The average molecular weight is 282 g/mol. The molecule has 0 radical (unpaired) electrons. The van der Waals surface area contributed by atoms with Gasteiger partial charge in [0.25, 0.3) is 0 Å². The molecule has 3 N–H and O–H groups in total. The maximum Gasteiger partial charge on any atom is 0.228 e. The van der Waals surface area contributed by atoms with Crippen molar-refractivity contribution in [3.05, 3.63) is 59.2 Å². The van der Waals surface area contributed by atoms with Crippen LogP contribution in [0.25, 0.3) is 0 Å². The van der Waals surface area contributed by atoms with E-state index in [1.807, 2.05) is 12.1 Å². The Morgan fingerprint density at radius 1 is 1.19 bits per heavy atom. The Morgan fingerprint density at radius 2 is 2.00 bits per heavy atom. The van der Waals surface area contributed by atoms with Crippen LogP contribution in [0.3, 0.4) is 0 Å². The Kier molecular flexibility index (Phi) is 3.88. The van der Waals surface area contributed by atoms with Crippen LogP contribution in [0.2, 0.25) is 0 Å². The predicted molar refractivity (Wildman–Crippen MR) is 82.3 cm³/mol. The molecule has 2 aromatic carbocycles. The van der Waals surface area contributed by atoms with Gasteiger partial charge in [0.15, 0.2) is 0 Å². The highest BCUT2D eigenvalue weighted by Gasteiger charge is 2.14. The molecule has 108 valence electrons. The Morgan fingerprint density at radius 3 is 2.81 bits per heavy atom. The van der Waals surface area contributed by atoms with E-state index in [-0.39, 0.29) is 11.7 Å². The molecule has 0 spiro atoms. The van der Waals surface area contributed by atoms with Gasteiger partial charge < -0.3 is 15.7 Å². The topological polar surface area (TPSA) is 61.4 Å². The third-order valence-corrected chi connectivity index (χ3v) is 3.72. The number of hydrogen-bond donors (Lipinski definition) is 3.